The molecule has 1 aromatic rings. The van der Waals surface area contributed by atoms with Crippen LogP contribution in [0.1, 0.15) is 44.1 Å². The third-order valence-corrected chi connectivity index (χ3v) is 5.74. The van der Waals surface area contributed by atoms with Gasteiger partial charge in [0.1, 0.15) is 6.04 Å². The van der Waals surface area contributed by atoms with Crippen molar-refractivity contribution in [1.82, 2.24) is 26.2 Å². The number of nitrogens with zero attached hydrogens (tertiary/aromatic N) is 1. The first kappa shape index (κ1) is 21.0. The molecule has 1 heterocycles. The van der Waals surface area contributed by atoms with Gasteiger partial charge in [0, 0.05) is 26.2 Å². The maximum atomic E-state index is 12.9. The van der Waals surface area contributed by atoms with Gasteiger partial charge in [0.15, 0.2) is 0 Å². The Balaban J connectivity index is 1.55. The third kappa shape index (κ3) is 5.62. The molecule has 4 N–H and O–H groups in total. The number of carbonyl (C=O) groups is 3. The van der Waals surface area contributed by atoms with Gasteiger partial charge in [0.25, 0.3) is 0 Å². The minimum absolute atomic E-state index is 0.0885. The van der Waals surface area contributed by atoms with Crippen LogP contribution in [0.25, 0.3) is 0 Å². The molecular formula is C21H31N5O3. The Morgan fingerprint density at radius 3 is 2.34 bits per heavy atom. The fraction of sp³-hybridized carbons (Fsp3) is 0.571. The molecule has 8 nitrogen and oxygen atoms in total. The monoisotopic (exact) mass is 401 g/mol. The average molecular weight is 402 g/mol. The molecule has 1 saturated heterocycles. The molecule has 8 heteroatoms. The molecule has 0 unspecified atom stereocenters. The summed E-state index contributed by atoms with van der Waals surface area (Å²) in [7, 11) is 1.58. The highest BCUT2D eigenvalue weighted by atomic mass is 16.2. The summed E-state index contributed by atoms with van der Waals surface area (Å²) in [5.74, 6) is -0.132. The Hall–Kier alpha value is -2.77. The maximum Gasteiger partial charge on any atom is 0.318 e. The zero-order valence-electron chi connectivity index (χ0n) is 16.9. The average Bonchev–Trinajstić information content (AvgIpc) is 3.24. The van der Waals surface area contributed by atoms with Gasteiger partial charge in [-0.25, -0.2) is 9.59 Å². The molecule has 1 aliphatic heterocycles. The highest BCUT2D eigenvalue weighted by molar-refractivity contribution is 5.88. The van der Waals surface area contributed by atoms with Crippen molar-refractivity contribution >= 4 is 18.0 Å². The Bertz CT molecular complexity index is 712. The number of urea groups is 2. The molecule has 2 fully saturated rings. The van der Waals surface area contributed by atoms with E-state index in [9.17, 15) is 14.4 Å². The van der Waals surface area contributed by atoms with Crippen LogP contribution in [0.2, 0.25) is 0 Å². The van der Waals surface area contributed by atoms with E-state index in [0.29, 0.717) is 19.5 Å². The van der Waals surface area contributed by atoms with Crippen LogP contribution in [0, 0.1) is 0 Å². The van der Waals surface area contributed by atoms with E-state index in [2.05, 4.69) is 21.3 Å². The Morgan fingerprint density at radius 2 is 1.66 bits per heavy atom. The Labute approximate surface area is 171 Å². The number of amides is 5. The van der Waals surface area contributed by atoms with Crippen molar-refractivity contribution in [3.63, 3.8) is 0 Å². The first-order chi connectivity index (χ1) is 14.1. The fourth-order valence-electron chi connectivity index (χ4n) is 4.15. The number of likely N-dealkylation sites (tertiary alicyclic amines) is 1. The molecule has 0 aromatic heterocycles. The second-order valence-corrected chi connectivity index (χ2v) is 7.73. The van der Waals surface area contributed by atoms with Crippen molar-refractivity contribution < 1.29 is 14.4 Å². The van der Waals surface area contributed by atoms with E-state index in [-0.39, 0.29) is 30.1 Å². The second-order valence-electron chi connectivity index (χ2n) is 7.73. The molecular weight excluding hydrogens is 370 g/mol. The van der Waals surface area contributed by atoms with E-state index in [4.69, 9.17) is 0 Å². The van der Waals surface area contributed by atoms with E-state index >= 15 is 0 Å². The summed E-state index contributed by atoms with van der Waals surface area (Å²) in [4.78, 5) is 38.9. The Morgan fingerprint density at radius 1 is 0.966 bits per heavy atom. The van der Waals surface area contributed by atoms with Gasteiger partial charge < -0.3 is 26.2 Å². The van der Waals surface area contributed by atoms with Crippen molar-refractivity contribution in [2.75, 3.05) is 13.6 Å². The molecule has 3 rings (SSSR count). The van der Waals surface area contributed by atoms with Crippen LogP contribution in [0.15, 0.2) is 30.3 Å². The smallest absolute Gasteiger partial charge is 0.318 e. The quantitative estimate of drug-likeness (QED) is 0.604. The van der Waals surface area contributed by atoms with Gasteiger partial charge in [-0.15, -0.1) is 0 Å². The van der Waals surface area contributed by atoms with E-state index in [1.807, 2.05) is 30.3 Å². The van der Waals surface area contributed by atoms with Crippen LogP contribution in [0.5, 0.6) is 0 Å². The standard InChI is InChI=1S/C21H31N5O3/c1-22-20(28)25-17-11-6-5-10-16(17)24-19(27)18-12-7-13-26(18)21(29)23-14-15-8-3-2-4-9-15/h2-4,8-9,16-18H,5-7,10-14H2,1H3,(H,23,29)(H,24,27)(H2,22,25,28)/t16-,17+,18+/m0/s1. The predicted molar refractivity (Wildman–Crippen MR) is 110 cm³/mol. The summed E-state index contributed by atoms with van der Waals surface area (Å²) < 4.78 is 0. The highest BCUT2D eigenvalue weighted by Gasteiger charge is 2.36. The number of carbonyl (C=O) groups excluding carboxylic acids is 3. The van der Waals surface area contributed by atoms with E-state index < -0.39 is 6.04 Å². The maximum absolute atomic E-state index is 12.9. The van der Waals surface area contributed by atoms with Crippen molar-refractivity contribution in [2.24, 2.45) is 0 Å². The SMILES string of the molecule is CNC(=O)N[C@@H]1CCCC[C@@H]1NC(=O)[C@H]1CCCN1C(=O)NCc1ccccc1. The van der Waals surface area contributed by atoms with Gasteiger partial charge >= 0.3 is 12.1 Å². The summed E-state index contributed by atoms with van der Waals surface area (Å²) in [5.41, 5.74) is 1.02. The molecule has 3 atom stereocenters. The summed E-state index contributed by atoms with van der Waals surface area (Å²) in [6, 6.07) is 8.60. The number of benzene rings is 1. The first-order valence-electron chi connectivity index (χ1n) is 10.5. The van der Waals surface area contributed by atoms with Crippen LogP contribution >= 0.6 is 0 Å². The number of nitrogens with one attached hydrogen (secondary N) is 4. The topological polar surface area (TPSA) is 103 Å². The Kier molecular flexibility index (Phi) is 7.32. The second kappa shape index (κ2) is 10.1. The van der Waals surface area contributed by atoms with Crippen molar-refractivity contribution in [3.05, 3.63) is 35.9 Å². The summed E-state index contributed by atoms with van der Waals surface area (Å²) >= 11 is 0. The van der Waals surface area contributed by atoms with Crippen LogP contribution < -0.4 is 21.3 Å². The van der Waals surface area contributed by atoms with E-state index in [1.54, 1.807) is 11.9 Å². The zero-order chi connectivity index (χ0) is 20.6. The highest BCUT2D eigenvalue weighted by Crippen LogP contribution is 2.21. The third-order valence-electron chi connectivity index (χ3n) is 5.74. The molecule has 1 saturated carbocycles. The van der Waals surface area contributed by atoms with Crippen molar-refractivity contribution in [3.8, 4) is 0 Å². The lowest BCUT2D eigenvalue weighted by molar-refractivity contribution is -0.125. The first-order valence-corrected chi connectivity index (χ1v) is 10.5. The summed E-state index contributed by atoms with van der Waals surface area (Å²) in [6.07, 6.45) is 5.17. The molecule has 29 heavy (non-hydrogen) atoms. The van der Waals surface area contributed by atoms with Gasteiger partial charge in [-0.1, -0.05) is 43.2 Å². The van der Waals surface area contributed by atoms with E-state index in [1.165, 1.54) is 0 Å². The number of rotatable bonds is 5. The van der Waals surface area contributed by atoms with Gasteiger partial charge in [0.05, 0.1) is 6.04 Å². The zero-order valence-corrected chi connectivity index (χ0v) is 16.9. The van der Waals surface area contributed by atoms with Crippen molar-refractivity contribution in [1.29, 1.82) is 0 Å². The minimum atomic E-state index is -0.464. The molecule has 1 aliphatic carbocycles. The molecule has 0 bridgehead atoms. The van der Waals surface area contributed by atoms with E-state index in [0.717, 1.165) is 37.7 Å². The van der Waals surface area contributed by atoms with Gasteiger partial charge in [0.2, 0.25) is 5.91 Å². The van der Waals surface area contributed by atoms with Crippen LogP contribution in [0.3, 0.4) is 0 Å². The molecule has 0 radical (unpaired) electrons. The molecule has 1 aromatic carbocycles. The largest absolute Gasteiger partial charge is 0.350 e. The number of hydrogen-bond donors (Lipinski definition) is 4. The molecule has 0 spiro atoms. The van der Waals surface area contributed by atoms with Gasteiger partial charge in [-0.3, -0.25) is 4.79 Å². The van der Waals surface area contributed by atoms with Crippen LogP contribution in [-0.4, -0.2) is 54.6 Å². The van der Waals surface area contributed by atoms with Gasteiger partial charge in [-0.2, -0.15) is 0 Å². The van der Waals surface area contributed by atoms with Crippen LogP contribution in [0.4, 0.5) is 9.59 Å². The lowest BCUT2D eigenvalue weighted by atomic mass is 9.90. The lowest BCUT2D eigenvalue weighted by Crippen LogP contribution is -2.58. The minimum Gasteiger partial charge on any atom is -0.350 e. The van der Waals surface area contributed by atoms with Crippen LogP contribution in [-0.2, 0) is 11.3 Å². The summed E-state index contributed by atoms with van der Waals surface area (Å²) in [5, 5.41) is 11.5. The molecule has 158 valence electrons. The normalized spacial score (nSPS) is 23.9. The fourth-order valence-corrected chi connectivity index (χ4v) is 4.15. The van der Waals surface area contributed by atoms with Crippen molar-refractivity contribution in [2.45, 2.75) is 63.2 Å². The lowest BCUT2D eigenvalue weighted by Gasteiger charge is -2.34. The molecule has 5 amide bonds. The summed E-state index contributed by atoms with van der Waals surface area (Å²) in [6.45, 7) is 1.01. The predicted octanol–water partition coefficient (Wildman–Crippen LogP) is 1.72. The molecule has 2 aliphatic rings. The number of hydrogen-bond acceptors (Lipinski definition) is 3. The van der Waals surface area contributed by atoms with Gasteiger partial charge in [-0.05, 0) is 31.2 Å².